The first-order chi connectivity index (χ1) is 8.10. The fourth-order valence-corrected chi connectivity index (χ4v) is 3.19. The van der Waals surface area contributed by atoms with Crippen LogP contribution in [-0.2, 0) is 14.8 Å². The van der Waals surface area contributed by atoms with Crippen molar-refractivity contribution in [1.29, 1.82) is 0 Å². The van der Waals surface area contributed by atoms with Crippen LogP contribution in [0.15, 0.2) is 29.4 Å². The lowest BCUT2D eigenvalue weighted by molar-refractivity contribution is -0.118. The van der Waals surface area contributed by atoms with Crippen molar-refractivity contribution in [3.8, 4) is 0 Å². The highest BCUT2D eigenvalue weighted by Gasteiger charge is 2.28. The Bertz CT molecular complexity index is 499. The number of Topliss-reactive ketones (excluding diaryl/α,β-unsaturated/α-hetero) is 1. The smallest absolute Gasteiger partial charge is 0.260 e. The summed E-state index contributed by atoms with van der Waals surface area (Å²) in [6.07, 6.45) is 3.38. The fourth-order valence-electron chi connectivity index (χ4n) is 1.80. The molecule has 1 aliphatic heterocycles. The molecule has 0 radical (unpaired) electrons. The van der Waals surface area contributed by atoms with Crippen LogP contribution >= 0.6 is 0 Å². The van der Waals surface area contributed by atoms with Crippen LogP contribution in [0, 0.1) is 0 Å². The molecule has 6 heteroatoms. The quantitative estimate of drug-likeness (QED) is 0.783. The van der Waals surface area contributed by atoms with E-state index in [0.717, 1.165) is 12.8 Å². The Balaban J connectivity index is 2.29. The highest BCUT2D eigenvalue weighted by Crippen LogP contribution is 2.16. The number of ketones is 1. The summed E-state index contributed by atoms with van der Waals surface area (Å²) in [6.45, 7) is 0.365. The molecule has 0 saturated carbocycles. The van der Waals surface area contributed by atoms with Crippen LogP contribution in [0.1, 0.15) is 19.3 Å². The summed E-state index contributed by atoms with van der Waals surface area (Å²) in [5.41, 5.74) is 0. The fraction of sp³-hybridized carbons (Fsp3) is 0.455. The van der Waals surface area contributed by atoms with Gasteiger partial charge in [0.15, 0.2) is 5.03 Å². The SMILES string of the molecule is O=C1CCCCN(S(=O)(=O)c2ccccn2)C1. The summed E-state index contributed by atoms with van der Waals surface area (Å²) in [5, 5.41) is 0.00898. The number of hydrogen-bond donors (Lipinski definition) is 0. The molecule has 5 nitrogen and oxygen atoms in total. The summed E-state index contributed by atoms with van der Waals surface area (Å²) >= 11 is 0. The summed E-state index contributed by atoms with van der Waals surface area (Å²) in [5.74, 6) is -0.0259. The van der Waals surface area contributed by atoms with Gasteiger partial charge in [-0.15, -0.1) is 0 Å². The molecule has 1 saturated heterocycles. The Labute approximate surface area is 101 Å². The van der Waals surface area contributed by atoms with Crippen molar-refractivity contribution in [3.05, 3.63) is 24.4 Å². The lowest BCUT2D eigenvalue weighted by atomic mass is 10.2. The van der Waals surface area contributed by atoms with E-state index in [1.165, 1.54) is 16.6 Å². The number of sulfonamides is 1. The first kappa shape index (κ1) is 12.2. The van der Waals surface area contributed by atoms with Gasteiger partial charge >= 0.3 is 0 Å². The Morgan fingerprint density at radius 3 is 2.76 bits per heavy atom. The molecule has 0 unspecified atom stereocenters. The predicted octanol–water partition coefficient (Wildman–Crippen LogP) is 0.825. The summed E-state index contributed by atoms with van der Waals surface area (Å²) in [7, 11) is -3.62. The third-order valence-electron chi connectivity index (χ3n) is 2.71. The van der Waals surface area contributed by atoms with Crippen molar-refractivity contribution in [1.82, 2.24) is 9.29 Å². The zero-order chi connectivity index (χ0) is 12.3. The van der Waals surface area contributed by atoms with Crippen LogP contribution in [0.4, 0.5) is 0 Å². The Kier molecular flexibility index (Phi) is 3.54. The van der Waals surface area contributed by atoms with E-state index in [-0.39, 0.29) is 17.4 Å². The van der Waals surface area contributed by atoms with E-state index in [1.54, 1.807) is 12.1 Å². The van der Waals surface area contributed by atoms with Gasteiger partial charge in [-0.25, -0.2) is 13.4 Å². The maximum atomic E-state index is 12.2. The van der Waals surface area contributed by atoms with Gasteiger partial charge in [0.1, 0.15) is 5.78 Å². The van der Waals surface area contributed by atoms with Crippen molar-refractivity contribution in [3.63, 3.8) is 0 Å². The van der Waals surface area contributed by atoms with Gasteiger partial charge in [-0.3, -0.25) is 4.79 Å². The van der Waals surface area contributed by atoms with Crippen LogP contribution in [0.3, 0.4) is 0 Å². The lowest BCUT2D eigenvalue weighted by Crippen LogP contribution is -2.35. The highest BCUT2D eigenvalue weighted by molar-refractivity contribution is 7.89. The normalized spacial score (nSPS) is 18.9. The average Bonchev–Trinajstić information content (AvgIpc) is 2.55. The van der Waals surface area contributed by atoms with Gasteiger partial charge in [-0.05, 0) is 25.0 Å². The second kappa shape index (κ2) is 4.93. The minimum atomic E-state index is -3.62. The van der Waals surface area contributed by atoms with E-state index in [1.807, 2.05) is 0 Å². The molecular weight excluding hydrogens is 240 g/mol. The molecule has 17 heavy (non-hydrogen) atoms. The molecule has 92 valence electrons. The lowest BCUT2D eigenvalue weighted by Gasteiger charge is -2.18. The number of aromatic nitrogens is 1. The van der Waals surface area contributed by atoms with Crippen LogP contribution in [0.2, 0.25) is 0 Å². The van der Waals surface area contributed by atoms with Crippen LogP contribution in [0.5, 0.6) is 0 Å². The third-order valence-corrected chi connectivity index (χ3v) is 4.47. The summed E-state index contributed by atoms with van der Waals surface area (Å²) < 4.78 is 25.6. The molecule has 1 aromatic rings. The molecule has 0 bridgehead atoms. The second-order valence-electron chi connectivity index (χ2n) is 4.00. The molecule has 2 rings (SSSR count). The Morgan fingerprint density at radius 1 is 1.24 bits per heavy atom. The molecule has 0 N–H and O–H groups in total. The van der Waals surface area contributed by atoms with E-state index in [2.05, 4.69) is 4.98 Å². The number of rotatable bonds is 2. The molecule has 1 aromatic heterocycles. The van der Waals surface area contributed by atoms with Gasteiger partial charge in [-0.1, -0.05) is 6.07 Å². The molecular formula is C11H14N2O3S. The monoisotopic (exact) mass is 254 g/mol. The highest BCUT2D eigenvalue weighted by atomic mass is 32.2. The minimum Gasteiger partial charge on any atom is -0.298 e. The predicted molar refractivity (Wildman–Crippen MR) is 61.9 cm³/mol. The van der Waals surface area contributed by atoms with E-state index < -0.39 is 10.0 Å². The Hall–Kier alpha value is -1.27. The van der Waals surface area contributed by atoms with Crippen molar-refractivity contribution < 1.29 is 13.2 Å². The van der Waals surface area contributed by atoms with E-state index in [9.17, 15) is 13.2 Å². The minimum absolute atomic E-state index is 0.00898. The van der Waals surface area contributed by atoms with Gasteiger partial charge in [-0.2, -0.15) is 4.31 Å². The topological polar surface area (TPSA) is 67.3 Å². The molecule has 0 amide bonds. The zero-order valence-electron chi connectivity index (χ0n) is 9.37. The number of carbonyl (C=O) groups excluding carboxylic acids is 1. The first-order valence-electron chi connectivity index (χ1n) is 5.53. The van der Waals surface area contributed by atoms with Crippen LogP contribution < -0.4 is 0 Å². The van der Waals surface area contributed by atoms with Gasteiger partial charge in [0.2, 0.25) is 0 Å². The molecule has 0 spiro atoms. The van der Waals surface area contributed by atoms with Crippen LogP contribution in [0.25, 0.3) is 0 Å². The second-order valence-corrected chi connectivity index (χ2v) is 5.89. The van der Waals surface area contributed by atoms with Gasteiger partial charge in [0.25, 0.3) is 10.0 Å². The number of carbonyl (C=O) groups is 1. The van der Waals surface area contributed by atoms with Crippen molar-refractivity contribution in [2.24, 2.45) is 0 Å². The van der Waals surface area contributed by atoms with E-state index >= 15 is 0 Å². The van der Waals surface area contributed by atoms with E-state index in [0.29, 0.717) is 13.0 Å². The first-order valence-corrected chi connectivity index (χ1v) is 6.97. The molecule has 1 fully saturated rings. The van der Waals surface area contributed by atoms with Crippen molar-refractivity contribution in [2.75, 3.05) is 13.1 Å². The molecule has 0 atom stereocenters. The van der Waals surface area contributed by atoms with Crippen molar-refractivity contribution in [2.45, 2.75) is 24.3 Å². The van der Waals surface area contributed by atoms with Gasteiger partial charge in [0.05, 0.1) is 6.54 Å². The van der Waals surface area contributed by atoms with Gasteiger partial charge < -0.3 is 0 Å². The third kappa shape index (κ3) is 2.70. The van der Waals surface area contributed by atoms with Crippen molar-refractivity contribution >= 4 is 15.8 Å². The maximum absolute atomic E-state index is 12.2. The molecule has 2 heterocycles. The molecule has 1 aliphatic rings. The van der Waals surface area contributed by atoms with E-state index in [4.69, 9.17) is 0 Å². The number of hydrogen-bond acceptors (Lipinski definition) is 4. The number of nitrogens with zero attached hydrogens (tertiary/aromatic N) is 2. The molecule has 0 aliphatic carbocycles. The summed E-state index contributed by atoms with van der Waals surface area (Å²) in [6, 6.07) is 4.73. The number of pyridine rings is 1. The molecule has 0 aromatic carbocycles. The van der Waals surface area contributed by atoms with Crippen LogP contribution in [-0.4, -0.2) is 36.6 Å². The standard InChI is InChI=1S/C11H14N2O3S/c14-10-5-2-4-8-13(9-10)17(15,16)11-6-1-3-7-12-11/h1,3,6-7H,2,4-5,8-9H2. The zero-order valence-corrected chi connectivity index (χ0v) is 10.2. The maximum Gasteiger partial charge on any atom is 0.260 e. The average molecular weight is 254 g/mol. The summed E-state index contributed by atoms with van der Waals surface area (Å²) in [4.78, 5) is 15.3. The largest absolute Gasteiger partial charge is 0.298 e. The Morgan fingerprint density at radius 2 is 2.06 bits per heavy atom. The van der Waals surface area contributed by atoms with Gasteiger partial charge in [0, 0.05) is 19.2 Å².